The van der Waals surface area contributed by atoms with Gasteiger partial charge in [-0.15, -0.1) is 4.68 Å². The molecular weight excluding hydrogens is 457 g/mol. The number of hydrogen-bond acceptors (Lipinski definition) is 4. The zero-order chi connectivity index (χ0) is 24.6. The summed E-state index contributed by atoms with van der Waals surface area (Å²) in [6.45, 7) is 0.582. The number of rotatable bonds is 4. The van der Waals surface area contributed by atoms with Crippen LogP contribution >= 0.6 is 0 Å². The lowest BCUT2D eigenvalue weighted by Gasteiger charge is -2.25. The van der Waals surface area contributed by atoms with E-state index in [0.29, 0.717) is 29.8 Å². The first-order chi connectivity index (χ1) is 16.8. The summed E-state index contributed by atoms with van der Waals surface area (Å²) in [5, 5.41) is 8.27. The summed E-state index contributed by atoms with van der Waals surface area (Å²) in [6.07, 6.45) is 3.20. The van der Waals surface area contributed by atoms with E-state index in [9.17, 15) is 18.0 Å². The number of halogens is 3. The predicted octanol–water partition coefficient (Wildman–Crippen LogP) is 5.10. The van der Waals surface area contributed by atoms with Gasteiger partial charge in [0.2, 0.25) is 5.91 Å². The Bertz CT molecular complexity index is 1350. The van der Waals surface area contributed by atoms with E-state index in [1.165, 1.54) is 10.9 Å². The lowest BCUT2D eigenvalue weighted by molar-refractivity contribution is -0.460. The van der Waals surface area contributed by atoms with Crippen molar-refractivity contribution in [3.05, 3.63) is 84.1 Å². The van der Waals surface area contributed by atoms with E-state index in [1.54, 1.807) is 36.8 Å². The van der Waals surface area contributed by atoms with Crippen LogP contribution in [0.15, 0.2) is 77.6 Å². The number of alkyl halides is 3. The molecule has 0 saturated heterocycles. The number of aryl methyl sites for hydroxylation is 2. The van der Waals surface area contributed by atoms with Crippen LogP contribution in [0.3, 0.4) is 0 Å². The smallest absolute Gasteiger partial charge is 0.306 e. The van der Waals surface area contributed by atoms with Crippen molar-refractivity contribution in [3.8, 4) is 5.69 Å². The van der Waals surface area contributed by atoms with Gasteiger partial charge >= 0.3 is 6.18 Å². The molecule has 7 nitrogen and oxygen atoms in total. The van der Waals surface area contributed by atoms with E-state index in [4.69, 9.17) is 0 Å². The molecule has 0 aliphatic carbocycles. The number of carbonyl (C=O) groups excluding carboxylic acids is 1. The third kappa shape index (κ3) is 4.91. The number of imidazole rings is 1. The summed E-state index contributed by atoms with van der Waals surface area (Å²) in [4.78, 5) is 18.2. The van der Waals surface area contributed by atoms with Crippen molar-refractivity contribution in [2.24, 2.45) is 16.3 Å². The summed E-state index contributed by atoms with van der Waals surface area (Å²) >= 11 is 0. The molecule has 5 rings (SSSR count). The van der Waals surface area contributed by atoms with Gasteiger partial charge in [0.25, 0.3) is 5.70 Å². The normalized spacial score (nSPS) is 19.1. The monoisotopic (exact) mass is 479 g/mol. The van der Waals surface area contributed by atoms with Gasteiger partial charge in [0.1, 0.15) is 18.0 Å². The fourth-order valence-electron chi connectivity index (χ4n) is 4.25. The number of fused-ring (bicyclic) bond motifs is 1. The van der Waals surface area contributed by atoms with Crippen molar-refractivity contribution in [2.75, 3.05) is 11.4 Å². The molecule has 0 saturated carbocycles. The first kappa shape index (κ1) is 22.7. The van der Waals surface area contributed by atoms with Crippen molar-refractivity contribution in [1.29, 1.82) is 0 Å². The largest absolute Gasteiger partial charge is 0.406 e. The zero-order valence-electron chi connectivity index (χ0n) is 18.9. The Morgan fingerprint density at radius 2 is 1.91 bits per heavy atom. The summed E-state index contributed by atoms with van der Waals surface area (Å²) < 4.78 is 43.2. The van der Waals surface area contributed by atoms with Gasteiger partial charge in [0.05, 0.1) is 23.1 Å². The highest BCUT2D eigenvalue weighted by atomic mass is 19.4. The molecule has 3 heterocycles. The molecule has 0 N–H and O–H groups in total. The van der Waals surface area contributed by atoms with Crippen molar-refractivity contribution < 1.29 is 22.7 Å². The molecule has 1 atom stereocenters. The van der Waals surface area contributed by atoms with Crippen LogP contribution in [0, 0.1) is 12.8 Å². The Hall–Kier alpha value is -4.08. The maximum atomic E-state index is 13.3. The minimum atomic E-state index is -4.51. The topological polar surface area (TPSA) is 65.9 Å². The second kappa shape index (κ2) is 8.94. The van der Waals surface area contributed by atoms with Gasteiger partial charge in [0, 0.05) is 23.1 Å². The Labute approximate surface area is 199 Å². The molecule has 0 bridgehead atoms. The van der Waals surface area contributed by atoms with Crippen molar-refractivity contribution >= 4 is 23.5 Å². The second-order valence-corrected chi connectivity index (χ2v) is 8.52. The molecular formula is C25H22F3N6O+. The van der Waals surface area contributed by atoms with Crippen LogP contribution in [0.25, 0.3) is 11.4 Å². The summed E-state index contributed by atoms with van der Waals surface area (Å²) in [7, 11) is 0. The van der Waals surface area contributed by atoms with Crippen molar-refractivity contribution in [2.45, 2.75) is 25.9 Å². The van der Waals surface area contributed by atoms with E-state index in [1.807, 2.05) is 42.0 Å². The number of amides is 1. The minimum absolute atomic E-state index is 0.304. The van der Waals surface area contributed by atoms with E-state index < -0.39 is 24.5 Å². The molecule has 3 aromatic rings. The first-order valence-electron chi connectivity index (χ1n) is 11.1. The van der Waals surface area contributed by atoms with Crippen LogP contribution in [0.1, 0.15) is 23.2 Å². The van der Waals surface area contributed by atoms with E-state index in [-0.39, 0.29) is 0 Å². The van der Waals surface area contributed by atoms with Crippen LogP contribution < -0.4 is 4.90 Å². The highest BCUT2D eigenvalue weighted by molar-refractivity contribution is 6.04. The van der Waals surface area contributed by atoms with Gasteiger partial charge in [-0.1, -0.05) is 18.2 Å². The highest BCUT2D eigenvalue weighted by Crippen LogP contribution is 2.32. The second-order valence-electron chi connectivity index (χ2n) is 8.52. The van der Waals surface area contributed by atoms with Crippen molar-refractivity contribution in [1.82, 2.24) is 9.55 Å². The maximum Gasteiger partial charge on any atom is 0.406 e. The summed E-state index contributed by atoms with van der Waals surface area (Å²) in [6, 6.07) is 14.4. The molecule has 10 heteroatoms. The predicted molar refractivity (Wildman–Crippen MR) is 124 cm³/mol. The first-order valence-corrected chi connectivity index (χ1v) is 11.1. The van der Waals surface area contributed by atoms with E-state index >= 15 is 0 Å². The fraction of sp³-hybridized carbons (Fsp3) is 0.240. The molecule has 2 aromatic carbocycles. The zero-order valence-corrected chi connectivity index (χ0v) is 18.9. The number of hydrogen-bond donors (Lipinski definition) is 0. The van der Waals surface area contributed by atoms with Crippen LogP contribution in [0.2, 0.25) is 0 Å². The van der Waals surface area contributed by atoms with E-state index in [2.05, 4.69) is 15.3 Å². The number of aromatic nitrogens is 2. The van der Waals surface area contributed by atoms with Gasteiger partial charge in [-0.3, -0.25) is 4.79 Å². The third-order valence-corrected chi connectivity index (χ3v) is 5.94. The Kier molecular flexibility index (Phi) is 5.80. The quantitative estimate of drug-likeness (QED) is 0.489. The molecule has 178 valence electrons. The average Bonchev–Trinajstić information content (AvgIpc) is 3.46. The van der Waals surface area contributed by atoms with Crippen LogP contribution in [0.5, 0.6) is 0 Å². The summed E-state index contributed by atoms with van der Waals surface area (Å²) in [5.41, 5.74) is 4.29. The molecule has 1 aromatic heterocycles. The van der Waals surface area contributed by atoms with Crippen LogP contribution in [-0.2, 0) is 11.2 Å². The standard InChI is InChI=1S/C25H22F3N6O/c1-17-12-32(16-29-17)21-10-8-18(9-11-21)22-14-33(31-30-22)13-20-7-6-19-4-2-3-5-23(19)34(24(20)35)15-25(26,27)28/h2-5,8-14,16,20H,6-7,15H2,1H3/q+1/b33-13+. The molecule has 0 spiro atoms. The number of para-hydroxylation sites is 1. The van der Waals surface area contributed by atoms with Gasteiger partial charge in [-0.25, -0.2) is 4.98 Å². The fourth-order valence-corrected chi connectivity index (χ4v) is 4.25. The Morgan fingerprint density at radius 3 is 2.63 bits per heavy atom. The highest BCUT2D eigenvalue weighted by Gasteiger charge is 2.39. The summed E-state index contributed by atoms with van der Waals surface area (Å²) in [5.74, 6) is -1.38. The number of carbonyl (C=O) groups is 1. The van der Waals surface area contributed by atoms with Gasteiger partial charge in [-0.2, -0.15) is 13.2 Å². The van der Waals surface area contributed by atoms with Gasteiger partial charge in [-0.05, 0) is 55.7 Å². The number of nitrogens with zero attached hydrogens (tertiary/aromatic N) is 6. The van der Waals surface area contributed by atoms with Crippen LogP contribution in [0.4, 0.5) is 18.9 Å². The molecule has 0 fully saturated rings. The van der Waals surface area contributed by atoms with E-state index in [0.717, 1.165) is 21.8 Å². The molecule has 1 amide bonds. The minimum Gasteiger partial charge on any atom is -0.306 e. The third-order valence-electron chi connectivity index (χ3n) is 5.94. The molecule has 0 radical (unpaired) electrons. The Morgan fingerprint density at radius 1 is 1.14 bits per heavy atom. The lowest BCUT2D eigenvalue weighted by atomic mass is 10.0. The Balaban J connectivity index is 1.38. The number of anilines is 1. The van der Waals surface area contributed by atoms with Crippen molar-refractivity contribution in [3.63, 3.8) is 0 Å². The van der Waals surface area contributed by atoms with Gasteiger partial charge < -0.3 is 9.47 Å². The molecule has 1 unspecified atom stereocenters. The SMILES string of the molecule is Cc1cn(-c2ccc(C3=C/[N+](=C\C4CCc5ccccc5N(CC(F)(F)F)C4=O)N=N3)cc2)cn1. The maximum absolute atomic E-state index is 13.3. The molecule has 2 aliphatic heterocycles. The molecule has 2 aliphatic rings. The lowest BCUT2D eigenvalue weighted by Crippen LogP contribution is -2.42. The number of benzene rings is 2. The molecule has 35 heavy (non-hydrogen) atoms. The van der Waals surface area contributed by atoms with Crippen LogP contribution in [-0.4, -0.2) is 39.1 Å². The average molecular weight is 479 g/mol. The van der Waals surface area contributed by atoms with Gasteiger partial charge in [0.15, 0.2) is 6.20 Å².